The molecule has 0 atom stereocenters. The summed E-state index contributed by atoms with van der Waals surface area (Å²) in [6.45, 7) is 2.31. The van der Waals surface area contributed by atoms with E-state index in [0.717, 1.165) is 11.1 Å². The van der Waals surface area contributed by atoms with Crippen LogP contribution in [0.1, 0.15) is 27.0 Å². The fraction of sp³-hybridized carbons (Fsp3) is 0.120. The van der Waals surface area contributed by atoms with Gasteiger partial charge < -0.3 is 10.6 Å². The number of rotatable bonds is 8. The lowest BCUT2D eigenvalue weighted by atomic mass is 10.1. The van der Waals surface area contributed by atoms with Crippen molar-refractivity contribution in [3.63, 3.8) is 0 Å². The third-order valence-electron chi connectivity index (χ3n) is 4.76. The number of carbonyl (C=O) groups is 2. The second-order valence-electron chi connectivity index (χ2n) is 7.22. The van der Waals surface area contributed by atoms with E-state index in [0.29, 0.717) is 24.1 Å². The largest absolute Gasteiger partial charge is 0.350 e. The topological polar surface area (TPSA) is 101 Å². The Labute approximate surface area is 185 Å². The standard InChI is InChI=1S/C25H23N3O4/c1-18-7-11-21(12-8-18)24(29)27-23(17-20-9-13-22(14-10-20)28(31)32)25(30)26-16-15-19-5-3-2-4-6-19/h2-14,17H,15-16H2,1H3,(H,26,30)(H,27,29). The monoisotopic (exact) mass is 429 g/mol. The van der Waals surface area contributed by atoms with E-state index in [1.54, 1.807) is 12.1 Å². The molecule has 3 aromatic carbocycles. The molecule has 0 aromatic heterocycles. The van der Waals surface area contributed by atoms with Gasteiger partial charge in [0.25, 0.3) is 17.5 Å². The molecule has 0 aliphatic heterocycles. The highest BCUT2D eigenvalue weighted by Crippen LogP contribution is 2.14. The molecule has 2 amide bonds. The summed E-state index contributed by atoms with van der Waals surface area (Å²) in [6.07, 6.45) is 2.14. The minimum Gasteiger partial charge on any atom is -0.350 e. The van der Waals surface area contributed by atoms with Gasteiger partial charge in [-0.1, -0.05) is 48.0 Å². The van der Waals surface area contributed by atoms with E-state index in [-0.39, 0.29) is 11.4 Å². The Morgan fingerprint density at radius 2 is 1.59 bits per heavy atom. The van der Waals surface area contributed by atoms with Crippen LogP contribution in [0.15, 0.2) is 84.6 Å². The van der Waals surface area contributed by atoms with Crippen molar-refractivity contribution in [3.8, 4) is 0 Å². The fourth-order valence-electron chi connectivity index (χ4n) is 2.98. The van der Waals surface area contributed by atoms with Crippen molar-refractivity contribution in [2.75, 3.05) is 6.54 Å². The molecule has 0 saturated heterocycles. The molecule has 3 rings (SSSR count). The van der Waals surface area contributed by atoms with E-state index in [4.69, 9.17) is 0 Å². The smallest absolute Gasteiger partial charge is 0.269 e. The molecule has 0 heterocycles. The average Bonchev–Trinajstić information content (AvgIpc) is 2.80. The Morgan fingerprint density at radius 3 is 2.22 bits per heavy atom. The van der Waals surface area contributed by atoms with Crippen LogP contribution in [0.2, 0.25) is 0 Å². The van der Waals surface area contributed by atoms with Crippen LogP contribution in [0.5, 0.6) is 0 Å². The Kier molecular flexibility index (Phi) is 7.48. The molecule has 0 aliphatic rings. The highest BCUT2D eigenvalue weighted by Gasteiger charge is 2.15. The van der Waals surface area contributed by atoms with Gasteiger partial charge in [-0.2, -0.15) is 0 Å². The Morgan fingerprint density at radius 1 is 0.938 bits per heavy atom. The predicted molar refractivity (Wildman–Crippen MR) is 123 cm³/mol. The van der Waals surface area contributed by atoms with Gasteiger partial charge in [-0.15, -0.1) is 0 Å². The molecule has 0 fully saturated rings. The SMILES string of the molecule is Cc1ccc(C(=O)NC(=Cc2ccc([N+](=O)[O-])cc2)C(=O)NCCc2ccccc2)cc1. The maximum Gasteiger partial charge on any atom is 0.269 e. The second kappa shape index (κ2) is 10.7. The van der Waals surface area contributed by atoms with Crippen LogP contribution < -0.4 is 10.6 Å². The van der Waals surface area contributed by atoms with E-state index in [9.17, 15) is 19.7 Å². The van der Waals surface area contributed by atoms with Gasteiger partial charge in [0.15, 0.2) is 0 Å². The zero-order valence-electron chi connectivity index (χ0n) is 17.6. The molecule has 0 radical (unpaired) electrons. The minimum absolute atomic E-state index is 0.0532. The molecule has 0 aliphatic carbocycles. The Hall–Kier alpha value is -4.26. The molecular weight excluding hydrogens is 406 g/mol. The first-order valence-electron chi connectivity index (χ1n) is 10.1. The van der Waals surface area contributed by atoms with Crippen LogP contribution in [0.25, 0.3) is 6.08 Å². The summed E-state index contributed by atoms with van der Waals surface area (Å²) < 4.78 is 0. The molecule has 3 aromatic rings. The molecule has 32 heavy (non-hydrogen) atoms. The van der Waals surface area contributed by atoms with E-state index in [1.165, 1.54) is 30.3 Å². The summed E-state index contributed by atoms with van der Waals surface area (Å²) in [6, 6.07) is 22.5. The van der Waals surface area contributed by atoms with E-state index in [2.05, 4.69) is 10.6 Å². The van der Waals surface area contributed by atoms with Gasteiger partial charge in [-0.25, -0.2) is 0 Å². The van der Waals surface area contributed by atoms with Crippen LogP contribution in [-0.2, 0) is 11.2 Å². The molecule has 0 spiro atoms. The molecule has 2 N–H and O–H groups in total. The van der Waals surface area contributed by atoms with Crippen molar-refractivity contribution in [1.29, 1.82) is 0 Å². The number of nitrogens with one attached hydrogen (secondary N) is 2. The summed E-state index contributed by atoms with van der Waals surface area (Å²) in [7, 11) is 0. The number of aryl methyl sites for hydroxylation is 1. The van der Waals surface area contributed by atoms with Crippen LogP contribution in [0.4, 0.5) is 5.69 Å². The lowest BCUT2D eigenvalue weighted by Gasteiger charge is -2.12. The van der Waals surface area contributed by atoms with Crippen molar-refractivity contribution in [3.05, 3.63) is 117 Å². The van der Waals surface area contributed by atoms with Crippen molar-refractivity contribution < 1.29 is 14.5 Å². The van der Waals surface area contributed by atoms with Crippen molar-refractivity contribution >= 4 is 23.6 Å². The Bertz CT molecular complexity index is 1120. The highest BCUT2D eigenvalue weighted by molar-refractivity contribution is 6.05. The molecule has 0 bridgehead atoms. The van der Waals surface area contributed by atoms with Gasteiger partial charge in [0.2, 0.25) is 0 Å². The lowest BCUT2D eigenvalue weighted by molar-refractivity contribution is -0.384. The third-order valence-corrected chi connectivity index (χ3v) is 4.76. The number of hydrogen-bond donors (Lipinski definition) is 2. The van der Waals surface area contributed by atoms with Gasteiger partial charge in [-0.3, -0.25) is 19.7 Å². The number of nitro benzene ring substituents is 1. The summed E-state index contributed by atoms with van der Waals surface area (Å²) in [5, 5.41) is 16.4. The van der Waals surface area contributed by atoms with E-state index >= 15 is 0 Å². The van der Waals surface area contributed by atoms with Crippen LogP contribution in [-0.4, -0.2) is 23.3 Å². The number of amides is 2. The number of hydrogen-bond acceptors (Lipinski definition) is 4. The summed E-state index contributed by atoms with van der Waals surface area (Å²) in [4.78, 5) is 35.9. The lowest BCUT2D eigenvalue weighted by Crippen LogP contribution is -2.35. The molecular formula is C25H23N3O4. The highest BCUT2D eigenvalue weighted by atomic mass is 16.6. The maximum absolute atomic E-state index is 12.8. The molecule has 162 valence electrons. The maximum atomic E-state index is 12.8. The zero-order valence-corrected chi connectivity index (χ0v) is 17.6. The first kappa shape index (κ1) is 22.4. The van der Waals surface area contributed by atoms with Crippen molar-refractivity contribution in [2.24, 2.45) is 0 Å². The minimum atomic E-state index is -0.496. The van der Waals surface area contributed by atoms with E-state index in [1.807, 2.05) is 49.4 Å². The number of carbonyl (C=O) groups excluding carboxylic acids is 2. The van der Waals surface area contributed by atoms with Gasteiger partial charge in [0.05, 0.1) is 4.92 Å². The first-order valence-corrected chi connectivity index (χ1v) is 10.1. The van der Waals surface area contributed by atoms with Crippen molar-refractivity contribution in [2.45, 2.75) is 13.3 Å². The third kappa shape index (κ3) is 6.37. The fourth-order valence-corrected chi connectivity index (χ4v) is 2.98. The summed E-state index contributed by atoms with van der Waals surface area (Å²) in [5.41, 5.74) is 3.06. The van der Waals surface area contributed by atoms with Crippen LogP contribution in [0.3, 0.4) is 0 Å². The van der Waals surface area contributed by atoms with Crippen LogP contribution in [0, 0.1) is 17.0 Å². The number of nitro groups is 1. The quantitative estimate of drug-likeness (QED) is 0.321. The van der Waals surface area contributed by atoms with Gasteiger partial charge in [-0.05, 0) is 54.8 Å². The van der Waals surface area contributed by atoms with Gasteiger partial charge in [0.1, 0.15) is 5.70 Å². The molecule has 7 heteroatoms. The molecule has 0 saturated carbocycles. The summed E-state index contributed by atoms with van der Waals surface area (Å²) in [5.74, 6) is -0.865. The van der Waals surface area contributed by atoms with E-state index < -0.39 is 16.7 Å². The molecule has 0 unspecified atom stereocenters. The van der Waals surface area contributed by atoms with Crippen molar-refractivity contribution in [1.82, 2.24) is 10.6 Å². The zero-order chi connectivity index (χ0) is 22.9. The van der Waals surface area contributed by atoms with Gasteiger partial charge >= 0.3 is 0 Å². The summed E-state index contributed by atoms with van der Waals surface area (Å²) >= 11 is 0. The Balaban J connectivity index is 1.77. The molecule has 7 nitrogen and oxygen atoms in total. The second-order valence-corrected chi connectivity index (χ2v) is 7.22. The predicted octanol–water partition coefficient (Wildman–Crippen LogP) is 4.03. The number of benzene rings is 3. The first-order chi connectivity index (χ1) is 15.4. The average molecular weight is 429 g/mol. The normalized spacial score (nSPS) is 11.0. The number of non-ortho nitro benzene ring substituents is 1. The van der Waals surface area contributed by atoms with Crippen LogP contribution >= 0.6 is 0 Å². The number of nitrogens with zero attached hydrogens (tertiary/aromatic N) is 1. The van der Waals surface area contributed by atoms with Gasteiger partial charge in [0, 0.05) is 24.2 Å².